The topological polar surface area (TPSA) is 41.1 Å². The quantitative estimate of drug-likeness (QED) is 0.758. The molecule has 0 saturated heterocycles. The molecular formula is C13H18N2O. The van der Waals surface area contributed by atoms with Crippen LogP contribution in [0.25, 0.3) is 0 Å². The Labute approximate surface area is 96.2 Å². The summed E-state index contributed by atoms with van der Waals surface area (Å²) < 4.78 is 0. The second-order valence-corrected chi connectivity index (χ2v) is 4.16. The molecule has 0 amide bonds. The Morgan fingerprint density at radius 3 is 3.06 bits per heavy atom. The Kier molecular flexibility index (Phi) is 3.25. The third-order valence-electron chi connectivity index (χ3n) is 3.17. The van der Waals surface area contributed by atoms with Crippen molar-refractivity contribution in [2.45, 2.75) is 25.8 Å². The van der Waals surface area contributed by atoms with E-state index in [1.165, 1.54) is 11.3 Å². The fourth-order valence-electron chi connectivity index (χ4n) is 2.18. The van der Waals surface area contributed by atoms with Crippen LogP contribution in [0, 0.1) is 0 Å². The van der Waals surface area contributed by atoms with Crippen LogP contribution in [0.4, 0.5) is 5.69 Å². The molecule has 86 valence electrons. The van der Waals surface area contributed by atoms with Gasteiger partial charge in [-0.3, -0.25) is 4.79 Å². The van der Waals surface area contributed by atoms with Crippen molar-refractivity contribution in [3.63, 3.8) is 0 Å². The van der Waals surface area contributed by atoms with E-state index >= 15 is 0 Å². The Morgan fingerprint density at radius 1 is 1.56 bits per heavy atom. The van der Waals surface area contributed by atoms with E-state index in [0.29, 0.717) is 0 Å². The highest BCUT2D eigenvalue weighted by molar-refractivity contribution is 6.00. The number of ketones is 1. The number of nitrogens with one attached hydrogen (secondary N) is 2. The van der Waals surface area contributed by atoms with E-state index in [9.17, 15) is 4.79 Å². The van der Waals surface area contributed by atoms with Crippen molar-refractivity contribution in [2.75, 3.05) is 18.9 Å². The highest BCUT2D eigenvalue weighted by Crippen LogP contribution is 2.23. The van der Waals surface area contributed by atoms with Crippen LogP contribution in [0.1, 0.15) is 29.3 Å². The average Bonchev–Trinajstić information content (AvgIpc) is 2.77. The maximum absolute atomic E-state index is 12.1. The Morgan fingerprint density at radius 2 is 2.38 bits per heavy atom. The lowest BCUT2D eigenvalue weighted by atomic mass is 9.99. The first-order valence-corrected chi connectivity index (χ1v) is 5.84. The first kappa shape index (κ1) is 11.1. The van der Waals surface area contributed by atoms with Crippen molar-refractivity contribution < 1.29 is 4.79 Å². The zero-order valence-electron chi connectivity index (χ0n) is 9.84. The minimum atomic E-state index is -0.0626. The number of carbonyl (C=O) groups is 1. The molecule has 1 heterocycles. The number of hydrogen-bond donors (Lipinski definition) is 2. The molecule has 1 aromatic carbocycles. The van der Waals surface area contributed by atoms with Crippen LogP contribution in [0.5, 0.6) is 0 Å². The highest BCUT2D eigenvalue weighted by atomic mass is 16.1. The molecule has 1 aliphatic rings. The second kappa shape index (κ2) is 4.66. The van der Waals surface area contributed by atoms with E-state index in [4.69, 9.17) is 0 Å². The molecule has 1 atom stereocenters. The summed E-state index contributed by atoms with van der Waals surface area (Å²) in [6.07, 6.45) is 1.84. The average molecular weight is 218 g/mol. The molecule has 2 N–H and O–H groups in total. The standard InChI is InChI=1S/C13H18N2O/c1-3-11(14-2)13(16)10-4-5-12-9(8-10)6-7-15-12/h4-5,8,11,14-15H,3,6-7H2,1-2H3. The lowest BCUT2D eigenvalue weighted by molar-refractivity contribution is 0.0945. The second-order valence-electron chi connectivity index (χ2n) is 4.16. The number of carbonyl (C=O) groups excluding carboxylic acids is 1. The first-order valence-electron chi connectivity index (χ1n) is 5.84. The van der Waals surface area contributed by atoms with Gasteiger partial charge in [-0.25, -0.2) is 0 Å². The van der Waals surface area contributed by atoms with E-state index in [1.54, 1.807) is 0 Å². The molecule has 1 unspecified atom stereocenters. The van der Waals surface area contributed by atoms with Crippen molar-refractivity contribution in [3.8, 4) is 0 Å². The SMILES string of the molecule is CCC(NC)C(=O)c1ccc2c(c1)CCN2. The normalized spacial score (nSPS) is 15.4. The van der Waals surface area contributed by atoms with Gasteiger partial charge in [-0.05, 0) is 43.7 Å². The van der Waals surface area contributed by atoms with Gasteiger partial charge in [-0.1, -0.05) is 6.92 Å². The predicted octanol–water partition coefficient (Wildman–Crippen LogP) is 1.84. The van der Waals surface area contributed by atoms with Crippen molar-refractivity contribution in [1.29, 1.82) is 0 Å². The predicted molar refractivity (Wildman–Crippen MR) is 66.1 cm³/mol. The van der Waals surface area contributed by atoms with Gasteiger partial charge in [0.25, 0.3) is 0 Å². The molecule has 0 saturated carbocycles. The molecule has 3 heteroatoms. The molecule has 0 spiro atoms. The summed E-state index contributed by atoms with van der Waals surface area (Å²) in [5, 5.41) is 6.35. The fourth-order valence-corrected chi connectivity index (χ4v) is 2.18. The molecule has 0 aliphatic carbocycles. The van der Waals surface area contributed by atoms with Gasteiger partial charge in [0, 0.05) is 17.8 Å². The summed E-state index contributed by atoms with van der Waals surface area (Å²) in [6, 6.07) is 5.89. The number of Topliss-reactive ketones (excluding diaryl/α,β-unsaturated/α-hetero) is 1. The van der Waals surface area contributed by atoms with E-state index in [0.717, 1.165) is 24.9 Å². The smallest absolute Gasteiger partial charge is 0.179 e. The van der Waals surface area contributed by atoms with Gasteiger partial charge in [-0.2, -0.15) is 0 Å². The molecule has 2 rings (SSSR count). The molecule has 1 aromatic rings. The van der Waals surface area contributed by atoms with Crippen LogP contribution in [0.3, 0.4) is 0 Å². The molecule has 0 radical (unpaired) electrons. The van der Waals surface area contributed by atoms with Crippen molar-refractivity contribution in [1.82, 2.24) is 5.32 Å². The van der Waals surface area contributed by atoms with Crippen LogP contribution >= 0.6 is 0 Å². The first-order chi connectivity index (χ1) is 7.76. The lowest BCUT2D eigenvalue weighted by Crippen LogP contribution is -2.33. The monoisotopic (exact) mass is 218 g/mol. The Hall–Kier alpha value is -1.35. The molecular weight excluding hydrogens is 200 g/mol. The number of anilines is 1. The van der Waals surface area contributed by atoms with Gasteiger partial charge in [-0.15, -0.1) is 0 Å². The van der Waals surface area contributed by atoms with E-state index in [1.807, 2.05) is 32.2 Å². The minimum absolute atomic E-state index is 0.0626. The third-order valence-corrected chi connectivity index (χ3v) is 3.17. The van der Waals surface area contributed by atoms with Crippen LogP contribution in [0.15, 0.2) is 18.2 Å². The summed E-state index contributed by atoms with van der Waals surface area (Å²) in [4.78, 5) is 12.1. The number of rotatable bonds is 4. The van der Waals surface area contributed by atoms with Crippen molar-refractivity contribution in [2.24, 2.45) is 0 Å². The van der Waals surface area contributed by atoms with Crippen LogP contribution in [-0.4, -0.2) is 25.4 Å². The van der Waals surface area contributed by atoms with Crippen LogP contribution < -0.4 is 10.6 Å². The summed E-state index contributed by atoms with van der Waals surface area (Å²) in [5.41, 5.74) is 3.26. The number of hydrogen-bond acceptors (Lipinski definition) is 3. The van der Waals surface area contributed by atoms with E-state index in [-0.39, 0.29) is 11.8 Å². The minimum Gasteiger partial charge on any atom is -0.384 e. The van der Waals surface area contributed by atoms with Gasteiger partial charge in [0.2, 0.25) is 0 Å². The summed E-state index contributed by atoms with van der Waals surface area (Å²) in [5.74, 6) is 0.194. The van der Waals surface area contributed by atoms with Gasteiger partial charge < -0.3 is 10.6 Å². The largest absolute Gasteiger partial charge is 0.384 e. The van der Waals surface area contributed by atoms with Crippen molar-refractivity contribution >= 4 is 11.5 Å². The number of likely N-dealkylation sites (N-methyl/N-ethyl adjacent to an activating group) is 1. The van der Waals surface area contributed by atoms with Crippen LogP contribution in [-0.2, 0) is 6.42 Å². The third kappa shape index (κ3) is 1.95. The number of benzene rings is 1. The molecule has 0 fully saturated rings. The summed E-state index contributed by atoms with van der Waals surface area (Å²) in [6.45, 7) is 3.00. The maximum atomic E-state index is 12.1. The summed E-state index contributed by atoms with van der Waals surface area (Å²) >= 11 is 0. The zero-order chi connectivity index (χ0) is 11.5. The summed E-state index contributed by atoms with van der Waals surface area (Å²) in [7, 11) is 1.83. The van der Waals surface area contributed by atoms with Crippen LogP contribution in [0.2, 0.25) is 0 Å². The van der Waals surface area contributed by atoms with Gasteiger partial charge in [0.05, 0.1) is 6.04 Å². The van der Waals surface area contributed by atoms with E-state index < -0.39 is 0 Å². The van der Waals surface area contributed by atoms with Gasteiger partial charge in [0.15, 0.2) is 5.78 Å². The molecule has 0 aromatic heterocycles. The molecule has 16 heavy (non-hydrogen) atoms. The highest BCUT2D eigenvalue weighted by Gasteiger charge is 2.18. The molecule has 3 nitrogen and oxygen atoms in total. The molecule has 0 bridgehead atoms. The van der Waals surface area contributed by atoms with Gasteiger partial charge >= 0.3 is 0 Å². The molecule has 1 aliphatic heterocycles. The van der Waals surface area contributed by atoms with Gasteiger partial charge in [0.1, 0.15) is 0 Å². The van der Waals surface area contributed by atoms with Crippen molar-refractivity contribution in [3.05, 3.63) is 29.3 Å². The maximum Gasteiger partial charge on any atom is 0.179 e. The fraction of sp³-hybridized carbons (Fsp3) is 0.462. The Bertz CT molecular complexity index is 397. The number of fused-ring (bicyclic) bond motifs is 1. The Balaban J connectivity index is 2.24. The van der Waals surface area contributed by atoms with E-state index in [2.05, 4.69) is 10.6 Å². The zero-order valence-corrected chi connectivity index (χ0v) is 9.84. The lowest BCUT2D eigenvalue weighted by Gasteiger charge is -2.13.